The van der Waals surface area contributed by atoms with Gasteiger partial charge in [0.1, 0.15) is 10.2 Å². The van der Waals surface area contributed by atoms with Crippen LogP contribution in [-0.2, 0) is 0 Å². The maximum atomic E-state index is 5.72. The lowest BCUT2D eigenvalue weighted by atomic mass is 10.4. The minimum Gasteiger partial charge on any atom is -0.353 e. The summed E-state index contributed by atoms with van der Waals surface area (Å²) in [6.07, 6.45) is 1.80. The molecule has 1 unspecified atom stereocenters. The molecule has 0 spiro atoms. The molecule has 0 aliphatic heterocycles. The average molecular weight is 246 g/mol. The zero-order valence-electron chi connectivity index (χ0n) is 7.40. The van der Waals surface area contributed by atoms with E-state index in [0.717, 1.165) is 10.1 Å². The smallest absolute Gasteiger partial charge is 0.184 e. The molecule has 2 aromatic heterocycles. The first-order valence-corrected chi connectivity index (χ1v) is 6.16. The van der Waals surface area contributed by atoms with Gasteiger partial charge in [0.05, 0.1) is 6.04 Å². The van der Waals surface area contributed by atoms with Crippen molar-refractivity contribution >= 4 is 39.4 Å². The first kappa shape index (κ1) is 9.89. The van der Waals surface area contributed by atoms with Crippen molar-refractivity contribution in [2.24, 2.45) is 0 Å². The lowest BCUT2D eigenvalue weighted by molar-refractivity contribution is 0.867. The zero-order chi connectivity index (χ0) is 9.97. The summed E-state index contributed by atoms with van der Waals surface area (Å²) in [5.74, 6) is 0. The second kappa shape index (κ2) is 4.25. The molecule has 2 aromatic rings. The van der Waals surface area contributed by atoms with Crippen LogP contribution in [-0.4, -0.2) is 9.97 Å². The van der Waals surface area contributed by atoms with Crippen LogP contribution in [0.2, 0.25) is 5.15 Å². The van der Waals surface area contributed by atoms with E-state index < -0.39 is 0 Å². The van der Waals surface area contributed by atoms with E-state index in [0.29, 0.717) is 5.15 Å². The SMILES string of the molecule is CC(Nc1nc(Cl)cs1)c1nccs1. The van der Waals surface area contributed by atoms with Gasteiger partial charge in [0.15, 0.2) is 5.13 Å². The molecule has 2 heterocycles. The van der Waals surface area contributed by atoms with Crippen molar-refractivity contribution in [2.45, 2.75) is 13.0 Å². The molecule has 0 aliphatic carbocycles. The third-order valence-corrected chi connectivity index (χ3v) is 3.69. The Kier molecular flexibility index (Phi) is 3.00. The number of thiazole rings is 2. The van der Waals surface area contributed by atoms with Crippen molar-refractivity contribution in [3.05, 3.63) is 27.1 Å². The molecule has 6 heteroatoms. The first-order valence-electron chi connectivity index (χ1n) is 4.02. The predicted molar refractivity (Wildman–Crippen MR) is 61.3 cm³/mol. The summed E-state index contributed by atoms with van der Waals surface area (Å²) >= 11 is 8.84. The monoisotopic (exact) mass is 245 g/mol. The molecule has 0 amide bonds. The highest BCUT2D eigenvalue weighted by Crippen LogP contribution is 2.24. The van der Waals surface area contributed by atoms with Gasteiger partial charge in [-0.3, -0.25) is 0 Å². The predicted octanol–water partition coefficient (Wildman–Crippen LogP) is 3.43. The van der Waals surface area contributed by atoms with E-state index in [1.165, 1.54) is 11.3 Å². The Morgan fingerprint density at radius 3 is 2.93 bits per heavy atom. The highest BCUT2D eigenvalue weighted by Gasteiger charge is 2.09. The molecule has 0 aromatic carbocycles. The van der Waals surface area contributed by atoms with Crippen LogP contribution < -0.4 is 5.32 Å². The molecule has 0 radical (unpaired) electrons. The number of anilines is 1. The van der Waals surface area contributed by atoms with Gasteiger partial charge < -0.3 is 5.32 Å². The molecule has 14 heavy (non-hydrogen) atoms. The van der Waals surface area contributed by atoms with Crippen molar-refractivity contribution < 1.29 is 0 Å². The fraction of sp³-hybridized carbons (Fsp3) is 0.250. The zero-order valence-corrected chi connectivity index (χ0v) is 9.79. The fourth-order valence-electron chi connectivity index (χ4n) is 1.02. The van der Waals surface area contributed by atoms with Crippen LogP contribution in [0.1, 0.15) is 18.0 Å². The largest absolute Gasteiger partial charge is 0.353 e. The minimum absolute atomic E-state index is 0.178. The summed E-state index contributed by atoms with van der Waals surface area (Å²) in [5.41, 5.74) is 0. The lowest BCUT2D eigenvalue weighted by Gasteiger charge is -2.08. The van der Waals surface area contributed by atoms with Gasteiger partial charge >= 0.3 is 0 Å². The van der Waals surface area contributed by atoms with Crippen molar-refractivity contribution in [1.82, 2.24) is 9.97 Å². The number of nitrogens with zero attached hydrogens (tertiary/aromatic N) is 2. The van der Waals surface area contributed by atoms with E-state index in [2.05, 4.69) is 15.3 Å². The highest BCUT2D eigenvalue weighted by molar-refractivity contribution is 7.14. The first-order chi connectivity index (χ1) is 6.75. The summed E-state index contributed by atoms with van der Waals surface area (Å²) < 4.78 is 0. The van der Waals surface area contributed by atoms with Crippen LogP contribution in [0.15, 0.2) is 17.0 Å². The summed E-state index contributed by atoms with van der Waals surface area (Å²) in [5, 5.41) is 9.42. The molecule has 1 atom stereocenters. The van der Waals surface area contributed by atoms with Crippen molar-refractivity contribution in [1.29, 1.82) is 0 Å². The molecule has 74 valence electrons. The van der Waals surface area contributed by atoms with Crippen molar-refractivity contribution in [3.63, 3.8) is 0 Å². The Morgan fingerprint density at radius 2 is 2.36 bits per heavy atom. The van der Waals surface area contributed by atoms with Gasteiger partial charge in [-0.2, -0.15) is 0 Å². The number of nitrogens with one attached hydrogen (secondary N) is 1. The molecule has 0 bridgehead atoms. The van der Waals surface area contributed by atoms with Crippen molar-refractivity contribution in [3.8, 4) is 0 Å². The maximum absolute atomic E-state index is 5.72. The van der Waals surface area contributed by atoms with Gasteiger partial charge in [-0.05, 0) is 6.92 Å². The van der Waals surface area contributed by atoms with Gasteiger partial charge in [0, 0.05) is 17.0 Å². The van der Waals surface area contributed by atoms with Crippen molar-refractivity contribution in [2.75, 3.05) is 5.32 Å². The number of rotatable bonds is 3. The van der Waals surface area contributed by atoms with Crippen LogP contribution in [0.5, 0.6) is 0 Å². The molecule has 2 rings (SSSR count). The van der Waals surface area contributed by atoms with Crippen LogP contribution in [0.4, 0.5) is 5.13 Å². The number of halogens is 1. The third-order valence-electron chi connectivity index (χ3n) is 1.64. The Balaban J connectivity index is 2.05. The van der Waals surface area contributed by atoms with E-state index in [1.807, 2.05) is 12.3 Å². The number of hydrogen-bond donors (Lipinski definition) is 1. The Hall–Kier alpha value is -0.650. The van der Waals surface area contributed by atoms with Gasteiger partial charge in [0.2, 0.25) is 0 Å². The van der Waals surface area contributed by atoms with Gasteiger partial charge in [-0.1, -0.05) is 11.6 Å². The fourth-order valence-corrected chi connectivity index (χ4v) is 2.59. The van der Waals surface area contributed by atoms with Crippen LogP contribution in [0, 0.1) is 0 Å². The van der Waals surface area contributed by atoms with E-state index in [9.17, 15) is 0 Å². The topological polar surface area (TPSA) is 37.8 Å². The quantitative estimate of drug-likeness (QED) is 0.900. The van der Waals surface area contributed by atoms with E-state index in [4.69, 9.17) is 11.6 Å². The average Bonchev–Trinajstić information content (AvgIpc) is 2.75. The lowest BCUT2D eigenvalue weighted by Crippen LogP contribution is -2.05. The van der Waals surface area contributed by atoms with E-state index in [1.54, 1.807) is 22.9 Å². The van der Waals surface area contributed by atoms with Gasteiger partial charge in [-0.25, -0.2) is 9.97 Å². The normalized spacial score (nSPS) is 12.7. The second-order valence-electron chi connectivity index (χ2n) is 2.71. The third kappa shape index (κ3) is 2.23. The van der Waals surface area contributed by atoms with Crippen LogP contribution in [0.25, 0.3) is 0 Å². The minimum atomic E-state index is 0.178. The Morgan fingerprint density at radius 1 is 1.50 bits per heavy atom. The summed E-state index contributed by atoms with van der Waals surface area (Å²) in [4.78, 5) is 8.33. The molecular weight excluding hydrogens is 238 g/mol. The van der Waals surface area contributed by atoms with Gasteiger partial charge in [-0.15, -0.1) is 22.7 Å². The van der Waals surface area contributed by atoms with Crippen LogP contribution in [0.3, 0.4) is 0 Å². The van der Waals surface area contributed by atoms with E-state index in [-0.39, 0.29) is 6.04 Å². The second-order valence-corrected chi connectivity index (χ2v) is 4.88. The van der Waals surface area contributed by atoms with Crippen LogP contribution >= 0.6 is 34.3 Å². The summed E-state index contributed by atoms with van der Waals surface area (Å²) in [7, 11) is 0. The standard InChI is InChI=1S/C8H8ClN3S2/c1-5(7-10-2-3-13-7)11-8-12-6(9)4-14-8/h2-5H,1H3,(H,11,12). The molecule has 1 N–H and O–H groups in total. The molecular formula is C8H8ClN3S2. The Labute approximate surface area is 94.8 Å². The summed E-state index contributed by atoms with van der Waals surface area (Å²) in [6.45, 7) is 2.05. The van der Waals surface area contributed by atoms with E-state index >= 15 is 0 Å². The van der Waals surface area contributed by atoms with Gasteiger partial charge in [0.25, 0.3) is 0 Å². The summed E-state index contributed by atoms with van der Waals surface area (Å²) in [6, 6.07) is 0.178. The molecule has 0 fully saturated rings. The number of hydrogen-bond acceptors (Lipinski definition) is 5. The highest BCUT2D eigenvalue weighted by atomic mass is 35.5. The molecule has 0 saturated heterocycles. The molecule has 0 saturated carbocycles. The molecule has 0 aliphatic rings. The molecule has 3 nitrogen and oxygen atoms in total. The number of aromatic nitrogens is 2. The maximum Gasteiger partial charge on any atom is 0.184 e. The Bertz CT molecular complexity index is 398.